The number of carbonyl (C=O) groups is 1. The van der Waals surface area contributed by atoms with Crippen LogP contribution < -0.4 is 0 Å². The second-order valence-electron chi connectivity index (χ2n) is 2.64. The summed E-state index contributed by atoms with van der Waals surface area (Å²) in [7, 11) is 0. The highest BCUT2D eigenvalue weighted by Crippen LogP contribution is 2.15. The maximum atomic E-state index is 10.9. The number of nitrogens with zero attached hydrogens (tertiary/aromatic N) is 1. The first-order valence-corrected chi connectivity index (χ1v) is 4.39. The van der Waals surface area contributed by atoms with Gasteiger partial charge in [0.2, 0.25) is 6.23 Å². The van der Waals surface area contributed by atoms with Gasteiger partial charge in [-0.1, -0.05) is 6.08 Å². The first kappa shape index (κ1) is 10.6. The van der Waals surface area contributed by atoms with Gasteiger partial charge in [0.15, 0.2) is 12.5 Å². The maximum Gasteiger partial charge on any atom is 0.510 e. The van der Waals surface area contributed by atoms with Gasteiger partial charge in [0.05, 0.1) is 6.61 Å². The highest BCUT2D eigenvalue weighted by atomic mass is 16.7. The molecule has 0 aromatic heterocycles. The van der Waals surface area contributed by atoms with Crippen LogP contribution in [0.15, 0.2) is 17.6 Å². The molecule has 0 aromatic rings. The average Bonchev–Trinajstić information content (AvgIpc) is 2.54. The van der Waals surface area contributed by atoms with E-state index in [1.54, 1.807) is 13.0 Å². The van der Waals surface area contributed by atoms with Crippen LogP contribution in [0.3, 0.4) is 0 Å². The van der Waals surface area contributed by atoms with E-state index in [0.29, 0.717) is 6.42 Å². The smallest absolute Gasteiger partial charge is 0.474 e. The Bertz CT molecular complexity index is 239. The molecule has 1 aliphatic rings. The van der Waals surface area contributed by atoms with Gasteiger partial charge >= 0.3 is 6.16 Å². The van der Waals surface area contributed by atoms with Crippen molar-refractivity contribution in [2.75, 3.05) is 6.61 Å². The third kappa shape index (κ3) is 2.76. The summed E-state index contributed by atoms with van der Waals surface area (Å²) in [6.45, 7) is 5.55. The van der Waals surface area contributed by atoms with Gasteiger partial charge in [-0.15, -0.1) is 6.58 Å². The molecule has 0 saturated carbocycles. The Labute approximate surface area is 82.4 Å². The summed E-state index contributed by atoms with van der Waals surface area (Å²) in [5.41, 5.74) is 0. The molecule has 2 unspecified atom stereocenters. The molecule has 0 aliphatic carbocycles. The Morgan fingerprint density at radius 1 is 1.79 bits per heavy atom. The van der Waals surface area contributed by atoms with Crippen LogP contribution in [0.1, 0.15) is 13.3 Å². The van der Waals surface area contributed by atoms with Crippen molar-refractivity contribution in [2.45, 2.75) is 25.7 Å². The first-order chi connectivity index (χ1) is 6.77. The Hall–Kier alpha value is -1.52. The van der Waals surface area contributed by atoms with E-state index in [0.717, 1.165) is 0 Å². The van der Waals surface area contributed by atoms with Gasteiger partial charge in [0, 0.05) is 6.42 Å². The molecule has 0 radical (unpaired) electrons. The lowest BCUT2D eigenvalue weighted by Gasteiger charge is -2.15. The molecule has 0 fully saturated rings. The van der Waals surface area contributed by atoms with Crippen LogP contribution in [0.4, 0.5) is 4.79 Å². The van der Waals surface area contributed by atoms with Crippen molar-refractivity contribution in [3.05, 3.63) is 12.7 Å². The van der Waals surface area contributed by atoms with Crippen LogP contribution in [0.2, 0.25) is 0 Å². The zero-order valence-corrected chi connectivity index (χ0v) is 8.01. The van der Waals surface area contributed by atoms with Crippen LogP contribution in [-0.2, 0) is 14.2 Å². The Balaban J connectivity index is 2.38. The second kappa shape index (κ2) is 5.26. The standard InChI is InChI=1S/C9H13NO4/c1-3-5-7-8(10-6-13-7)14-9(11)12-4-2/h3,6-8H,1,4-5H2,2H3. The third-order valence-electron chi connectivity index (χ3n) is 1.64. The van der Waals surface area contributed by atoms with Crippen LogP contribution >= 0.6 is 0 Å². The topological polar surface area (TPSA) is 57.1 Å². The number of aliphatic imine (C=N–C) groups is 1. The van der Waals surface area contributed by atoms with Crippen molar-refractivity contribution >= 4 is 12.6 Å². The monoisotopic (exact) mass is 199 g/mol. The summed E-state index contributed by atoms with van der Waals surface area (Å²) in [5, 5.41) is 0. The molecule has 0 aromatic carbocycles. The molecule has 0 amide bonds. The summed E-state index contributed by atoms with van der Waals surface area (Å²) >= 11 is 0. The van der Waals surface area contributed by atoms with Crippen molar-refractivity contribution in [1.82, 2.24) is 0 Å². The third-order valence-corrected chi connectivity index (χ3v) is 1.64. The van der Waals surface area contributed by atoms with Gasteiger partial charge in [0.1, 0.15) is 0 Å². The van der Waals surface area contributed by atoms with E-state index in [2.05, 4.69) is 16.3 Å². The minimum atomic E-state index is -0.728. The van der Waals surface area contributed by atoms with Crippen LogP contribution in [0, 0.1) is 0 Å². The lowest BCUT2D eigenvalue weighted by atomic mass is 10.2. The molecule has 1 heterocycles. The Morgan fingerprint density at radius 2 is 2.57 bits per heavy atom. The number of carbonyl (C=O) groups excluding carboxylic acids is 1. The fraction of sp³-hybridized carbons (Fsp3) is 0.556. The Kier molecular flexibility index (Phi) is 3.97. The normalized spacial score (nSPS) is 24.1. The van der Waals surface area contributed by atoms with Crippen LogP contribution in [0.5, 0.6) is 0 Å². The SMILES string of the molecule is C=CCC1OC=NC1OC(=O)OCC. The van der Waals surface area contributed by atoms with E-state index in [4.69, 9.17) is 9.47 Å². The van der Waals surface area contributed by atoms with E-state index in [-0.39, 0.29) is 12.7 Å². The lowest BCUT2D eigenvalue weighted by molar-refractivity contribution is -0.00433. The van der Waals surface area contributed by atoms with Gasteiger partial charge < -0.3 is 14.2 Å². The fourth-order valence-electron chi connectivity index (χ4n) is 1.03. The van der Waals surface area contributed by atoms with Crippen LogP contribution in [-0.4, -0.2) is 31.5 Å². The predicted molar refractivity (Wildman–Crippen MR) is 50.1 cm³/mol. The molecule has 1 rings (SSSR count). The minimum absolute atomic E-state index is 0.280. The molecule has 1 aliphatic heterocycles. The molecule has 5 heteroatoms. The summed E-state index contributed by atoms with van der Waals surface area (Å²) in [6.07, 6.45) is 1.90. The molecule has 0 N–H and O–H groups in total. The van der Waals surface area contributed by atoms with Crippen molar-refractivity contribution in [2.24, 2.45) is 4.99 Å². The van der Waals surface area contributed by atoms with E-state index in [9.17, 15) is 4.79 Å². The van der Waals surface area contributed by atoms with E-state index >= 15 is 0 Å². The largest absolute Gasteiger partial charge is 0.510 e. The fourth-order valence-corrected chi connectivity index (χ4v) is 1.03. The molecular formula is C9H13NO4. The molecule has 5 nitrogen and oxygen atoms in total. The summed E-state index contributed by atoms with van der Waals surface area (Å²) in [4.78, 5) is 14.8. The van der Waals surface area contributed by atoms with Gasteiger partial charge in [-0.2, -0.15) is 0 Å². The van der Waals surface area contributed by atoms with Crippen molar-refractivity contribution in [1.29, 1.82) is 0 Å². The highest BCUT2D eigenvalue weighted by Gasteiger charge is 2.28. The van der Waals surface area contributed by atoms with E-state index in [1.165, 1.54) is 6.40 Å². The van der Waals surface area contributed by atoms with Crippen molar-refractivity contribution < 1.29 is 19.0 Å². The molecule has 14 heavy (non-hydrogen) atoms. The molecule has 0 saturated heterocycles. The first-order valence-electron chi connectivity index (χ1n) is 4.39. The lowest BCUT2D eigenvalue weighted by Crippen LogP contribution is -2.27. The van der Waals surface area contributed by atoms with Crippen molar-refractivity contribution in [3.63, 3.8) is 0 Å². The predicted octanol–water partition coefficient (Wildman–Crippen LogP) is 1.49. The summed E-state index contributed by atoms with van der Waals surface area (Å²) < 4.78 is 14.6. The molecule has 0 spiro atoms. The van der Waals surface area contributed by atoms with Gasteiger partial charge in [-0.25, -0.2) is 9.79 Å². The van der Waals surface area contributed by atoms with Crippen molar-refractivity contribution in [3.8, 4) is 0 Å². The quantitative estimate of drug-likeness (QED) is 0.508. The number of hydrogen-bond acceptors (Lipinski definition) is 5. The summed E-state index contributed by atoms with van der Waals surface area (Å²) in [6, 6.07) is 0. The number of ether oxygens (including phenoxy) is 3. The van der Waals surface area contributed by atoms with Crippen LogP contribution in [0.25, 0.3) is 0 Å². The zero-order chi connectivity index (χ0) is 10.4. The average molecular weight is 199 g/mol. The minimum Gasteiger partial charge on any atom is -0.474 e. The van der Waals surface area contributed by atoms with E-state index < -0.39 is 12.4 Å². The maximum absolute atomic E-state index is 10.9. The van der Waals surface area contributed by atoms with Gasteiger partial charge in [-0.05, 0) is 6.92 Å². The molecule has 0 bridgehead atoms. The van der Waals surface area contributed by atoms with Gasteiger partial charge in [0.25, 0.3) is 0 Å². The number of rotatable bonds is 4. The molecule has 2 atom stereocenters. The Morgan fingerprint density at radius 3 is 3.21 bits per heavy atom. The second-order valence-corrected chi connectivity index (χ2v) is 2.64. The number of hydrogen-bond donors (Lipinski definition) is 0. The molecular weight excluding hydrogens is 186 g/mol. The van der Waals surface area contributed by atoms with Gasteiger partial charge in [-0.3, -0.25) is 0 Å². The summed E-state index contributed by atoms with van der Waals surface area (Å²) in [5.74, 6) is 0. The zero-order valence-electron chi connectivity index (χ0n) is 8.01. The van der Waals surface area contributed by atoms with E-state index in [1.807, 2.05) is 0 Å². The molecule has 78 valence electrons. The highest BCUT2D eigenvalue weighted by molar-refractivity contribution is 5.61.